The van der Waals surface area contributed by atoms with E-state index in [0.29, 0.717) is 5.56 Å². The Morgan fingerprint density at radius 2 is 1.90 bits per heavy atom. The van der Waals surface area contributed by atoms with Gasteiger partial charge in [-0.2, -0.15) is 0 Å². The molecule has 0 aliphatic rings. The summed E-state index contributed by atoms with van der Waals surface area (Å²) in [5.74, 6) is -0.322. The summed E-state index contributed by atoms with van der Waals surface area (Å²) in [6.45, 7) is 1.70. The number of benzene rings is 1. The highest BCUT2D eigenvalue weighted by atomic mass is 35.5. The Kier molecular flexibility index (Phi) is 7.15. The molecule has 0 radical (unpaired) electrons. The Labute approximate surface area is 125 Å². The van der Waals surface area contributed by atoms with Gasteiger partial charge in [-0.25, -0.2) is 12.7 Å². The first kappa shape index (κ1) is 18.9. The fraction of sp³-hybridized carbons (Fsp3) is 0.417. The van der Waals surface area contributed by atoms with E-state index < -0.39 is 16.1 Å². The predicted octanol–water partition coefficient (Wildman–Crippen LogP) is 0.322. The molecule has 1 aromatic carbocycles. The lowest BCUT2D eigenvalue weighted by atomic mass is 10.2. The van der Waals surface area contributed by atoms with Crippen LogP contribution in [-0.2, 0) is 21.4 Å². The van der Waals surface area contributed by atoms with E-state index in [9.17, 15) is 13.2 Å². The quantitative estimate of drug-likeness (QED) is 0.817. The van der Waals surface area contributed by atoms with Gasteiger partial charge < -0.3 is 11.1 Å². The number of nitrogens with two attached hydrogens (primary N) is 1. The molecule has 1 atom stereocenters. The van der Waals surface area contributed by atoms with Gasteiger partial charge in [0.2, 0.25) is 15.9 Å². The molecular weight excluding hydrogens is 302 g/mol. The van der Waals surface area contributed by atoms with Crippen LogP contribution < -0.4 is 11.1 Å². The normalized spacial score (nSPS) is 12.7. The maximum absolute atomic E-state index is 12.1. The maximum Gasteiger partial charge on any atom is 0.242 e. The number of nitrogens with one attached hydrogen (secondary N) is 1. The zero-order valence-electron chi connectivity index (χ0n) is 11.7. The molecule has 0 saturated carbocycles. The molecular formula is C12H20ClN3O3S. The van der Waals surface area contributed by atoms with Crippen LogP contribution in [0.25, 0.3) is 0 Å². The monoisotopic (exact) mass is 321 g/mol. The molecule has 1 aromatic rings. The average Bonchev–Trinajstić information content (AvgIpc) is 2.35. The van der Waals surface area contributed by atoms with E-state index in [-0.39, 0.29) is 29.8 Å². The lowest BCUT2D eigenvalue weighted by molar-refractivity contribution is -0.122. The van der Waals surface area contributed by atoms with Gasteiger partial charge >= 0.3 is 0 Å². The topological polar surface area (TPSA) is 92.5 Å². The van der Waals surface area contributed by atoms with Crippen LogP contribution >= 0.6 is 12.4 Å². The second kappa shape index (κ2) is 7.58. The third-order valence-corrected chi connectivity index (χ3v) is 4.51. The van der Waals surface area contributed by atoms with Crippen molar-refractivity contribution in [1.82, 2.24) is 9.62 Å². The number of sulfonamides is 1. The minimum atomic E-state index is -3.52. The number of halogens is 1. The number of nitrogens with zero attached hydrogens (tertiary/aromatic N) is 1. The molecule has 0 bridgehead atoms. The fourth-order valence-electron chi connectivity index (χ4n) is 1.44. The third kappa shape index (κ3) is 4.45. The van der Waals surface area contributed by atoms with Crippen LogP contribution in [0.2, 0.25) is 0 Å². The summed E-state index contributed by atoms with van der Waals surface area (Å²) < 4.78 is 25.4. The van der Waals surface area contributed by atoms with Gasteiger partial charge in [-0.15, -0.1) is 12.4 Å². The highest BCUT2D eigenvalue weighted by Crippen LogP contribution is 2.18. The first-order valence-corrected chi connectivity index (χ1v) is 7.24. The molecule has 8 heteroatoms. The van der Waals surface area contributed by atoms with Crippen LogP contribution in [0.1, 0.15) is 12.5 Å². The highest BCUT2D eigenvalue weighted by Gasteiger charge is 2.20. The van der Waals surface area contributed by atoms with Gasteiger partial charge in [0.1, 0.15) is 0 Å². The lowest BCUT2D eigenvalue weighted by Crippen LogP contribution is -2.38. The summed E-state index contributed by atoms with van der Waals surface area (Å²) in [4.78, 5) is 11.6. The van der Waals surface area contributed by atoms with Gasteiger partial charge in [0.15, 0.2) is 0 Å². The van der Waals surface area contributed by atoms with Crippen LogP contribution in [0.4, 0.5) is 0 Å². The van der Waals surface area contributed by atoms with E-state index in [1.807, 2.05) is 0 Å². The van der Waals surface area contributed by atoms with Crippen molar-refractivity contribution in [3.05, 3.63) is 29.8 Å². The van der Waals surface area contributed by atoms with Crippen molar-refractivity contribution in [2.75, 3.05) is 14.1 Å². The minimum Gasteiger partial charge on any atom is -0.351 e. The van der Waals surface area contributed by atoms with Crippen LogP contribution in [-0.4, -0.2) is 38.8 Å². The second-order valence-corrected chi connectivity index (χ2v) is 6.52. The van der Waals surface area contributed by atoms with Crippen molar-refractivity contribution in [1.29, 1.82) is 0 Å². The molecule has 1 amide bonds. The molecule has 20 heavy (non-hydrogen) atoms. The lowest BCUT2D eigenvalue weighted by Gasteiger charge is -2.15. The smallest absolute Gasteiger partial charge is 0.242 e. The number of carbonyl (C=O) groups is 1. The number of amides is 1. The van der Waals surface area contributed by atoms with E-state index in [1.165, 1.54) is 20.2 Å². The fourth-order valence-corrected chi connectivity index (χ4v) is 2.56. The maximum atomic E-state index is 12.1. The molecule has 114 valence electrons. The molecule has 0 saturated heterocycles. The molecule has 0 aromatic heterocycles. The molecule has 0 spiro atoms. The molecule has 0 fully saturated rings. The van der Waals surface area contributed by atoms with E-state index >= 15 is 0 Å². The first-order valence-electron chi connectivity index (χ1n) is 5.80. The van der Waals surface area contributed by atoms with Gasteiger partial charge in [0, 0.05) is 20.6 Å². The van der Waals surface area contributed by atoms with Gasteiger partial charge in [-0.05, 0) is 18.6 Å². The molecule has 1 unspecified atom stereocenters. The Morgan fingerprint density at radius 3 is 2.40 bits per heavy atom. The van der Waals surface area contributed by atoms with Crippen LogP contribution in [0.15, 0.2) is 29.2 Å². The molecule has 0 aliphatic heterocycles. The molecule has 0 heterocycles. The second-order valence-electron chi connectivity index (χ2n) is 4.40. The predicted molar refractivity (Wildman–Crippen MR) is 80.1 cm³/mol. The molecule has 1 rings (SSSR count). The first-order chi connectivity index (χ1) is 8.76. The van der Waals surface area contributed by atoms with Gasteiger partial charge in [0.05, 0.1) is 10.9 Å². The number of hydrogen-bond donors (Lipinski definition) is 2. The molecule has 0 aliphatic carbocycles. The number of hydrogen-bond acceptors (Lipinski definition) is 4. The average molecular weight is 322 g/mol. The summed E-state index contributed by atoms with van der Waals surface area (Å²) in [6.07, 6.45) is 0. The number of carbonyl (C=O) groups excluding carboxylic acids is 1. The van der Waals surface area contributed by atoms with Gasteiger partial charge in [-0.1, -0.05) is 18.2 Å². The summed E-state index contributed by atoms with van der Waals surface area (Å²) in [6, 6.07) is 5.92. The standard InChI is InChI=1S/C12H19N3O3S.ClH/c1-9(13)12(16)14-8-10-6-4-5-7-11(10)19(17,18)15(2)3;/h4-7,9H,8,13H2,1-3H3,(H,14,16);1H. The summed E-state index contributed by atoms with van der Waals surface area (Å²) in [7, 11) is -0.595. The van der Waals surface area contributed by atoms with E-state index in [4.69, 9.17) is 5.73 Å². The molecule has 3 N–H and O–H groups in total. The Morgan fingerprint density at radius 1 is 1.35 bits per heavy atom. The summed E-state index contributed by atoms with van der Waals surface area (Å²) in [5, 5.41) is 2.60. The molecule has 6 nitrogen and oxygen atoms in total. The van der Waals surface area contributed by atoms with Crippen molar-refractivity contribution >= 4 is 28.3 Å². The van der Waals surface area contributed by atoms with Crippen LogP contribution in [0.5, 0.6) is 0 Å². The van der Waals surface area contributed by atoms with Gasteiger partial charge in [0.25, 0.3) is 0 Å². The largest absolute Gasteiger partial charge is 0.351 e. The van der Waals surface area contributed by atoms with E-state index in [2.05, 4.69) is 5.32 Å². The zero-order chi connectivity index (χ0) is 14.6. The highest BCUT2D eigenvalue weighted by molar-refractivity contribution is 7.89. The van der Waals surface area contributed by atoms with Crippen molar-refractivity contribution in [2.45, 2.75) is 24.4 Å². The Balaban J connectivity index is 0.00000361. The van der Waals surface area contributed by atoms with Crippen molar-refractivity contribution in [2.24, 2.45) is 5.73 Å². The summed E-state index contributed by atoms with van der Waals surface area (Å²) >= 11 is 0. The van der Waals surface area contributed by atoms with E-state index in [1.54, 1.807) is 25.1 Å². The minimum absolute atomic E-state index is 0. The zero-order valence-corrected chi connectivity index (χ0v) is 13.3. The van der Waals surface area contributed by atoms with E-state index in [0.717, 1.165) is 4.31 Å². The van der Waals surface area contributed by atoms with Crippen molar-refractivity contribution < 1.29 is 13.2 Å². The third-order valence-electron chi connectivity index (χ3n) is 2.60. The summed E-state index contributed by atoms with van der Waals surface area (Å²) in [5.41, 5.74) is 5.97. The number of rotatable bonds is 5. The van der Waals surface area contributed by atoms with Gasteiger partial charge in [-0.3, -0.25) is 4.79 Å². The van der Waals surface area contributed by atoms with Crippen molar-refractivity contribution in [3.8, 4) is 0 Å². The van der Waals surface area contributed by atoms with Crippen molar-refractivity contribution in [3.63, 3.8) is 0 Å². The Hall–Kier alpha value is -1.15. The SMILES string of the molecule is CC(N)C(=O)NCc1ccccc1S(=O)(=O)N(C)C.Cl. The van der Waals surface area contributed by atoms with Crippen LogP contribution in [0.3, 0.4) is 0 Å². The Bertz CT molecular complexity index is 559. The van der Waals surface area contributed by atoms with Crippen LogP contribution in [0, 0.1) is 0 Å².